The van der Waals surface area contributed by atoms with E-state index in [1.54, 1.807) is 6.07 Å². The SMILES string of the molecule is CC(C)[C@@H](Cc1ccn(-c2c(F)cc(F)cc2F)n1)NC(=O)N1CCCCC1. The molecule has 8 heteroatoms. The van der Waals surface area contributed by atoms with Gasteiger partial charge in [-0.3, -0.25) is 0 Å². The summed E-state index contributed by atoms with van der Waals surface area (Å²) >= 11 is 0. The number of carbonyl (C=O) groups is 1. The van der Waals surface area contributed by atoms with Gasteiger partial charge in [0.15, 0.2) is 11.6 Å². The van der Waals surface area contributed by atoms with Crippen molar-refractivity contribution in [2.75, 3.05) is 13.1 Å². The second kappa shape index (κ2) is 8.67. The second-order valence-corrected chi connectivity index (χ2v) is 7.52. The Bertz CT molecular complexity index is 808. The molecule has 1 fully saturated rings. The normalized spacial score (nSPS) is 15.7. The first-order valence-electron chi connectivity index (χ1n) is 9.60. The quantitative estimate of drug-likeness (QED) is 0.832. The smallest absolute Gasteiger partial charge is 0.317 e. The number of urea groups is 1. The Kier molecular flexibility index (Phi) is 6.26. The standard InChI is InChI=1S/C20H25F3N4O/c1-13(2)18(24-20(28)26-7-4-3-5-8-26)12-15-6-9-27(25-15)19-16(22)10-14(21)11-17(19)23/h6,9-11,13,18H,3-5,7-8,12H2,1-2H3,(H,24,28)/t18-/m1/s1. The maximum atomic E-state index is 14.0. The number of carbonyl (C=O) groups excluding carboxylic acids is 1. The fourth-order valence-electron chi connectivity index (χ4n) is 3.37. The highest BCUT2D eigenvalue weighted by Gasteiger charge is 2.23. The molecule has 1 saturated heterocycles. The number of amides is 2. The fourth-order valence-corrected chi connectivity index (χ4v) is 3.37. The van der Waals surface area contributed by atoms with Crippen LogP contribution in [0.4, 0.5) is 18.0 Å². The largest absolute Gasteiger partial charge is 0.335 e. The lowest BCUT2D eigenvalue weighted by Crippen LogP contribution is -2.49. The van der Waals surface area contributed by atoms with Gasteiger partial charge in [0.1, 0.15) is 11.5 Å². The Hall–Kier alpha value is -2.51. The zero-order chi connectivity index (χ0) is 20.3. The molecule has 1 aromatic carbocycles. The van der Waals surface area contributed by atoms with Crippen molar-refractivity contribution in [2.24, 2.45) is 5.92 Å². The van der Waals surface area contributed by atoms with Crippen LogP contribution in [0.2, 0.25) is 0 Å². The molecule has 2 heterocycles. The van der Waals surface area contributed by atoms with Crippen LogP contribution in [0.1, 0.15) is 38.8 Å². The van der Waals surface area contributed by atoms with E-state index in [-0.39, 0.29) is 18.0 Å². The minimum Gasteiger partial charge on any atom is -0.335 e. The molecule has 3 rings (SSSR count). The van der Waals surface area contributed by atoms with Gasteiger partial charge in [0.05, 0.1) is 5.69 Å². The lowest BCUT2D eigenvalue weighted by Gasteiger charge is -2.30. The fraction of sp³-hybridized carbons (Fsp3) is 0.500. The molecule has 1 aliphatic rings. The average Bonchev–Trinajstić information content (AvgIpc) is 3.09. The molecular weight excluding hydrogens is 369 g/mol. The molecule has 1 aliphatic heterocycles. The van der Waals surface area contributed by atoms with Gasteiger partial charge < -0.3 is 10.2 Å². The van der Waals surface area contributed by atoms with Crippen molar-refractivity contribution >= 4 is 6.03 Å². The number of likely N-dealkylation sites (tertiary alicyclic amines) is 1. The Morgan fingerprint density at radius 1 is 1.14 bits per heavy atom. The third kappa shape index (κ3) is 4.66. The van der Waals surface area contributed by atoms with E-state index < -0.39 is 23.1 Å². The summed E-state index contributed by atoms with van der Waals surface area (Å²) in [6.07, 6.45) is 5.02. The lowest BCUT2D eigenvalue weighted by atomic mass is 9.99. The number of nitrogens with one attached hydrogen (secondary N) is 1. The van der Waals surface area contributed by atoms with E-state index in [1.807, 2.05) is 18.7 Å². The molecule has 1 aromatic heterocycles. The average molecular weight is 394 g/mol. The third-order valence-electron chi connectivity index (χ3n) is 5.04. The molecule has 0 spiro atoms. The Labute approximate surface area is 162 Å². The van der Waals surface area contributed by atoms with Gasteiger partial charge in [0, 0.05) is 43.9 Å². The topological polar surface area (TPSA) is 50.2 Å². The van der Waals surface area contributed by atoms with E-state index in [4.69, 9.17) is 0 Å². The van der Waals surface area contributed by atoms with Crippen LogP contribution < -0.4 is 5.32 Å². The summed E-state index contributed by atoms with van der Waals surface area (Å²) in [4.78, 5) is 14.3. The van der Waals surface area contributed by atoms with Crippen molar-refractivity contribution in [1.82, 2.24) is 20.0 Å². The molecule has 28 heavy (non-hydrogen) atoms. The highest BCUT2D eigenvalue weighted by Crippen LogP contribution is 2.20. The summed E-state index contributed by atoms with van der Waals surface area (Å²) in [6, 6.07) is 2.63. The van der Waals surface area contributed by atoms with Crippen molar-refractivity contribution in [3.05, 3.63) is 47.5 Å². The van der Waals surface area contributed by atoms with Gasteiger partial charge in [-0.25, -0.2) is 22.6 Å². The first-order chi connectivity index (χ1) is 13.3. The van der Waals surface area contributed by atoms with E-state index >= 15 is 0 Å². The molecular formula is C20H25F3N4O. The predicted octanol–water partition coefficient (Wildman–Crippen LogP) is 4.05. The van der Waals surface area contributed by atoms with Gasteiger partial charge in [0.2, 0.25) is 0 Å². The third-order valence-corrected chi connectivity index (χ3v) is 5.04. The molecule has 0 radical (unpaired) electrons. The van der Waals surface area contributed by atoms with Crippen LogP contribution in [0.25, 0.3) is 5.69 Å². The number of benzene rings is 1. The Morgan fingerprint density at radius 3 is 2.39 bits per heavy atom. The van der Waals surface area contributed by atoms with Crippen LogP contribution in [-0.2, 0) is 6.42 Å². The second-order valence-electron chi connectivity index (χ2n) is 7.52. The zero-order valence-corrected chi connectivity index (χ0v) is 16.1. The van der Waals surface area contributed by atoms with Crippen LogP contribution in [-0.4, -0.2) is 39.8 Å². The number of halogens is 3. The van der Waals surface area contributed by atoms with Crippen LogP contribution >= 0.6 is 0 Å². The highest BCUT2D eigenvalue weighted by atomic mass is 19.1. The summed E-state index contributed by atoms with van der Waals surface area (Å²) in [5.74, 6) is -2.87. The van der Waals surface area contributed by atoms with Crippen LogP contribution in [0, 0.1) is 23.4 Å². The minimum absolute atomic E-state index is 0.0894. The lowest BCUT2D eigenvalue weighted by molar-refractivity contribution is 0.179. The first kappa shape index (κ1) is 20.2. The van der Waals surface area contributed by atoms with Gasteiger partial charge >= 0.3 is 6.03 Å². The monoisotopic (exact) mass is 394 g/mol. The molecule has 152 valence electrons. The van der Waals surface area contributed by atoms with E-state index in [9.17, 15) is 18.0 Å². The zero-order valence-electron chi connectivity index (χ0n) is 16.1. The molecule has 0 saturated carbocycles. The van der Waals surface area contributed by atoms with Crippen LogP contribution in [0.15, 0.2) is 24.4 Å². The maximum Gasteiger partial charge on any atom is 0.317 e. The van der Waals surface area contributed by atoms with E-state index in [1.165, 1.54) is 6.20 Å². The van der Waals surface area contributed by atoms with Crippen LogP contribution in [0.5, 0.6) is 0 Å². The maximum absolute atomic E-state index is 14.0. The molecule has 2 amide bonds. The van der Waals surface area contributed by atoms with Gasteiger partial charge in [-0.15, -0.1) is 0 Å². The van der Waals surface area contributed by atoms with Crippen molar-refractivity contribution < 1.29 is 18.0 Å². The van der Waals surface area contributed by atoms with E-state index in [2.05, 4.69) is 10.4 Å². The van der Waals surface area contributed by atoms with Gasteiger partial charge in [-0.2, -0.15) is 5.10 Å². The number of aromatic nitrogens is 2. The first-order valence-corrected chi connectivity index (χ1v) is 9.60. The molecule has 2 aromatic rings. The number of hydrogen-bond donors (Lipinski definition) is 1. The summed E-state index contributed by atoms with van der Waals surface area (Å²) in [7, 11) is 0. The summed E-state index contributed by atoms with van der Waals surface area (Å²) < 4.78 is 42.1. The number of nitrogens with zero attached hydrogens (tertiary/aromatic N) is 3. The molecule has 5 nitrogen and oxygen atoms in total. The predicted molar refractivity (Wildman–Crippen MR) is 99.7 cm³/mol. The van der Waals surface area contributed by atoms with E-state index in [0.717, 1.165) is 37.0 Å². The summed E-state index contributed by atoms with van der Waals surface area (Å²) in [5.41, 5.74) is 0.159. The molecule has 1 N–H and O–H groups in total. The van der Waals surface area contributed by atoms with Crippen molar-refractivity contribution in [3.63, 3.8) is 0 Å². The Morgan fingerprint density at radius 2 is 1.79 bits per heavy atom. The van der Waals surface area contributed by atoms with Crippen molar-refractivity contribution in [3.8, 4) is 5.69 Å². The highest BCUT2D eigenvalue weighted by molar-refractivity contribution is 5.74. The van der Waals surface area contributed by atoms with Gasteiger partial charge in [-0.05, 0) is 31.2 Å². The Balaban J connectivity index is 1.72. The minimum atomic E-state index is -1.02. The van der Waals surface area contributed by atoms with Crippen LogP contribution in [0.3, 0.4) is 0 Å². The van der Waals surface area contributed by atoms with Gasteiger partial charge in [0.25, 0.3) is 0 Å². The van der Waals surface area contributed by atoms with Gasteiger partial charge in [-0.1, -0.05) is 13.8 Å². The molecule has 0 unspecified atom stereocenters. The number of hydrogen-bond acceptors (Lipinski definition) is 2. The molecule has 0 bridgehead atoms. The van der Waals surface area contributed by atoms with Crippen molar-refractivity contribution in [2.45, 2.75) is 45.6 Å². The van der Waals surface area contributed by atoms with Crippen molar-refractivity contribution in [1.29, 1.82) is 0 Å². The molecule has 1 atom stereocenters. The number of piperidine rings is 1. The number of rotatable bonds is 5. The summed E-state index contributed by atoms with van der Waals surface area (Å²) in [5, 5.41) is 7.28. The summed E-state index contributed by atoms with van der Waals surface area (Å²) in [6.45, 7) is 5.51. The van der Waals surface area contributed by atoms with E-state index in [0.29, 0.717) is 24.2 Å². The molecule has 0 aliphatic carbocycles.